The zero-order valence-corrected chi connectivity index (χ0v) is 9.09. The summed E-state index contributed by atoms with van der Waals surface area (Å²) < 4.78 is 0. The Bertz CT molecular complexity index is 424. The molecule has 1 saturated carbocycles. The van der Waals surface area contributed by atoms with Crippen molar-refractivity contribution in [2.24, 2.45) is 0 Å². The lowest BCUT2D eigenvalue weighted by atomic mass is 10.2. The maximum Gasteiger partial charge on any atom is 0.138 e. The Hall–Kier alpha value is -1.09. The zero-order valence-electron chi connectivity index (χ0n) is 8.33. The number of rotatable bonds is 1. The van der Waals surface area contributed by atoms with E-state index in [0.29, 0.717) is 11.1 Å². The van der Waals surface area contributed by atoms with Gasteiger partial charge in [-0.25, -0.2) is 9.97 Å². The number of allylic oxidation sites excluding steroid dienone is 1. The summed E-state index contributed by atoms with van der Waals surface area (Å²) in [5, 5.41) is 3.88. The fraction of sp³-hybridized carbons (Fsp3) is 0.455. The van der Waals surface area contributed by atoms with Gasteiger partial charge in [-0.05, 0) is 19.3 Å². The van der Waals surface area contributed by atoms with Crippen molar-refractivity contribution in [2.75, 3.05) is 11.9 Å². The molecular weight excluding hydrogens is 210 g/mol. The average Bonchev–Trinajstić information content (AvgIpc) is 3.04. The lowest BCUT2D eigenvalue weighted by Crippen LogP contribution is -2.06. The van der Waals surface area contributed by atoms with E-state index in [2.05, 4.69) is 27.4 Å². The van der Waals surface area contributed by atoms with Crippen LogP contribution in [0.2, 0.25) is 5.15 Å². The second-order valence-electron chi connectivity index (χ2n) is 4.03. The van der Waals surface area contributed by atoms with Gasteiger partial charge in [-0.3, -0.25) is 0 Å². The fourth-order valence-electron chi connectivity index (χ4n) is 1.76. The summed E-state index contributed by atoms with van der Waals surface area (Å²) >= 11 is 6.17. The minimum absolute atomic E-state index is 0.547. The molecule has 15 heavy (non-hydrogen) atoms. The monoisotopic (exact) mass is 221 g/mol. The predicted octanol–water partition coefficient (Wildman–Crippen LogP) is 2.53. The molecular formula is C11H12ClN3. The van der Waals surface area contributed by atoms with Gasteiger partial charge in [-0.2, -0.15) is 0 Å². The molecule has 0 spiro atoms. The van der Waals surface area contributed by atoms with Crippen molar-refractivity contribution in [2.45, 2.75) is 25.2 Å². The maximum atomic E-state index is 6.17. The van der Waals surface area contributed by atoms with Crippen molar-refractivity contribution < 1.29 is 0 Å². The Morgan fingerprint density at radius 1 is 1.27 bits per heavy atom. The Morgan fingerprint density at radius 2 is 2.13 bits per heavy atom. The molecule has 0 bridgehead atoms. The van der Waals surface area contributed by atoms with Crippen LogP contribution in [0.15, 0.2) is 12.2 Å². The van der Waals surface area contributed by atoms with Gasteiger partial charge in [0.2, 0.25) is 0 Å². The lowest BCUT2D eigenvalue weighted by Gasteiger charge is -2.09. The van der Waals surface area contributed by atoms with Crippen LogP contribution in [0.3, 0.4) is 0 Å². The van der Waals surface area contributed by atoms with Crippen molar-refractivity contribution in [1.82, 2.24) is 9.97 Å². The molecule has 2 aliphatic rings. The first-order chi connectivity index (χ1) is 7.34. The molecule has 4 heteroatoms. The van der Waals surface area contributed by atoms with Gasteiger partial charge in [0.05, 0.1) is 0 Å². The molecule has 0 radical (unpaired) electrons. The van der Waals surface area contributed by atoms with Crippen LogP contribution in [-0.4, -0.2) is 16.5 Å². The number of nitrogens with one attached hydrogen (secondary N) is 1. The van der Waals surface area contributed by atoms with Crippen LogP contribution < -0.4 is 5.32 Å². The number of aromatic nitrogens is 2. The van der Waals surface area contributed by atoms with Crippen molar-refractivity contribution in [3.05, 3.63) is 28.7 Å². The maximum absolute atomic E-state index is 6.17. The number of halogens is 1. The highest BCUT2D eigenvalue weighted by molar-refractivity contribution is 6.30. The van der Waals surface area contributed by atoms with E-state index in [1.807, 2.05) is 0 Å². The van der Waals surface area contributed by atoms with Crippen LogP contribution in [0.1, 0.15) is 30.1 Å². The van der Waals surface area contributed by atoms with E-state index in [4.69, 9.17) is 11.6 Å². The van der Waals surface area contributed by atoms with E-state index in [-0.39, 0.29) is 0 Å². The van der Waals surface area contributed by atoms with E-state index in [1.54, 1.807) is 0 Å². The molecule has 2 heterocycles. The van der Waals surface area contributed by atoms with Gasteiger partial charge in [0.15, 0.2) is 0 Å². The topological polar surface area (TPSA) is 37.8 Å². The van der Waals surface area contributed by atoms with E-state index in [1.165, 1.54) is 12.8 Å². The minimum atomic E-state index is 0.547. The van der Waals surface area contributed by atoms with Gasteiger partial charge in [-0.15, -0.1) is 0 Å². The summed E-state index contributed by atoms with van der Waals surface area (Å²) in [6.45, 7) is 0.824. The first kappa shape index (κ1) is 9.16. The van der Waals surface area contributed by atoms with Crippen LogP contribution in [0.4, 0.5) is 5.82 Å². The molecule has 78 valence electrons. The van der Waals surface area contributed by atoms with Crippen molar-refractivity contribution >= 4 is 17.4 Å². The van der Waals surface area contributed by atoms with E-state index in [0.717, 1.165) is 30.2 Å². The Balaban J connectivity index is 2.05. The molecule has 0 aromatic carbocycles. The second-order valence-corrected chi connectivity index (χ2v) is 4.39. The van der Waals surface area contributed by atoms with Crippen LogP contribution >= 0.6 is 11.6 Å². The highest BCUT2D eigenvalue weighted by Crippen LogP contribution is 2.39. The molecule has 0 unspecified atom stereocenters. The molecule has 1 aliphatic carbocycles. The van der Waals surface area contributed by atoms with Crippen LogP contribution in [0.25, 0.3) is 0 Å². The van der Waals surface area contributed by atoms with E-state index >= 15 is 0 Å². The van der Waals surface area contributed by atoms with Gasteiger partial charge in [0.25, 0.3) is 0 Å². The Morgan fingerprint density at radius 3 is 2.93 bits per heavy atom. The summed E-state index contributed by atoms with van der Waals surface area (Å²) in [4.78, 5) is 8.92. The summed E-state index contributed by atoms with van der Waals surface area (Å²) in [7, 11) is 0. The molecule has 0 saturated heterocycles. The number of hydrogen-bond acceptors (Lipinski definition) is 3. The highest BCUT2D eigenvalue weighted by Gasteiger charge is 2.28. The number of fused-ring (bicyclic) bond motifs is 1. The average molecular weight is 222 g/mol. The lowest BCUT2D eigenvalue weighted by molar-refractivity contribution is 0.914. The minimum Gasteiger partial charge on any atom is -0.366 e. The largest absolute Gasteiger partial charge is 0.366 e. The third-order valence-electron chi connectivity index (χ3n) is 2.79. The van der Waals surface area contributed by atoms with Gasteiger partial charge in [-0.1, -0.05) is 23.8 Å². The van der Waals surface area contributed by atoms with Gasteiger partial charge in [0.1, 0.15) is 16.8 Å². The first-order valence-electron chi connectivity index (χ1n) is 5.30. The predicted molar refractivity (Wildman–Crippen MR) is 60.4 cm³/mol. The smallest absolute Gasteiger partial charge is 0.138 e. The third-order valence-corrected chi connectivity index (χ3v) is 3.11. The molecule has 1 aromatic rings. The molecule has 0 atom stereocenters. The van der Waals surface area contributed by atoms with Crippen LogP contribution in [0, 0.1) is 0 Å². The first-order valence-corrected chi connectivity index (χ1v) is 5.67. The zero-order chi connectivity index (χ0) is 10.3. The third kappa shape index (κ3) is 1.72. The van der Waals surface area contributed by atoms with E-state index < -0.39 is 0 Å². The molecule has 1 aliphatic heterocycles. The molecule has 3 rings (SSSR count). The van der Waals surface area contributed by atoms with Gasteiger partial charge < -0.3 is 5.32 Å². The van der Waals surface area contributed by atoms with Crippen molar-refractivity contribution in [3.8, 4) is 0 Å². The van der Waals surface area contributed by atoms with Crippen LogP contribution in [-0.2, 0) is 6.42 Å². The Kier molecular flexibility index (Phi) is 2.13. The van der Waals surface area contributed by atoms with Crippen molar-refractivity contribution in [3.63, 3.8) is 0 Å². The Labute approximate surface area is 93.6 Å². The standard InChI is InChI=1S/C11H12ClN3/c12-9-8-3-1-2-6-13-11(8)15-10(14-9)7-4-5-7/h1-2,7H,3-6H2,(H,13,14,15). The normalized spacial score (nSPS) is 19.3. The quantitative estimate of drug-likeness (QED) is 0.585. The SMILES string of the molecule is Clc1nc(C2CC2)nc2c1CC=CCN2. The number of hydrogen-bond donors (Lipinski definition) is 1. The number of anilines is 1. The molecule has 1 fully saturated rings. The number of nitrogens with zero attached hydrogens (tertiary/aromatic N) is 2. The molecule has 3 nitrogen and oxygen atoms in total. The van der Waals surface area contributed by atoms with Crippen molar-refractivity contribution in [1.29, 1.82) is 0 Å². The molecule has 1 aromatic heterocycles. The summed E-state index contributed by atoms with van der Waals surface area (Å²) in [6.07, 6.45) is 7.42. The van der Waals surface area contributed by atoms with Gasteiger partial charge >= 0.3 is 0 Å². The summed E-state index contributed by atoms with van der Waals surface area (Å²) in [5.41, 5.74) is 1.02. The van der Waals surface area contributed by atoms with E-state index in [9.17, 15) is 0 Å². The van der Waals surface area contributed by atoms with Gasteiger partial charge in [0, 0.05) is 18.0 Å². The van der Waals surface area contributed by atoms with Crippen LogP contribution in [0.5, 0.6) is 0 Å². The highest BCUT2D eigenvalue weighted by atomic mass is 35.5. The molecule has 1 N–H and O–H groups in total. The summed E-state index contributed by atoms with van der Waals surface area (Å²) in [6, 6.07) is 0. The summed E-state index contributed by atoms with van der Waals surface area (Å²) in [5.74, 6) is 2.38. The fourth-order valence-corrected chi connectivity index (χ4v) is 2.02. The molecule has 0 amide bonds. The second kappa shape index (κ2) is 3.49.